The summed E-state index contributed by atoms with van der Waals surface area (Å²) in [7, 11) is 1.98. The Balaban J connectivity index is 0.00000420. The largest absolute Gasteiger partial charge is 0.357 e. The number of carbonyl (C=O) groups excluding carboxylic acids is 1. The number of nitrogens with zero attached hydrogens (tertiary/aromatic N) is 3. The Morgan fingerprint density at radius 3 is 2.55 bits per heavy atom. The van der Waals surface area contributed by atoms with Crippen LogP contribution in [0.4, 0.5) is 0 Å². The van der Waals surface area contributed by atoms with Crippen LogP contribution in [0.2, 0.25) is 0 Å². The van der Waals surface area contributed by atoms with Gasteiger partial charge in [-0.3, -0.25) is 14.5 Å². The second-order valence-corrected chi connectivity index (χ2v) is 7.94. The SMILES string of the molecule is CCNC(=NCCC(=O)NC1CCCCC1)NC(C)Cc1c(C)nn(C)c1C.I. The van der Waals surface area contributed by atoms with Crippen LogP contribution in [0.1, 0.15) is 69.3 Å². The third kappa shape index (κ3) is 8.52. The number of guanidine groups is 1. The van der Waals surface area contributed by atoms with Gasteiger partial charge >= 0.3 is 0 Å². The van der Waals surface area contributed by atoms with Crippen LogP contribution in [0, 0.1) is 13.8 Å². The summed E-state index contributed by atoms with van der Waals surface area (Å²) in [4.78, 5) is 16.8. The fraction of sp³-hybridized carbons (Fsp3) is 0.762. The molecule has 0 radical (unpaired) electrons. The van der Waals surface area contributed by atoms with E-state index in [4.69, 9.17) is 0 Å². The van der Waals surface area contributed by atoms with Crippen molar-refractivity contribution >= 4 is 35.8 Å². The standard InChI is InChI=1S/C21H38N6O.HI/c1-6-22-21(23-13-12-20(28)25-18-10-8-7-9-11-18)24-15(2)14-19-16(3)26-27(5)17(19)4;/h15,18H,6-14H2,1-5H3,(H,25,28)(H2,22,23,24);1H. The molecule has 1 fully saturated rings. The van der Waals surface area contributed by atoms with E-state index in [-0.39, 0.29) is 35.9 Å². The molecule has 7 nitrogen and oxygen atoms in total. The maximum absolute atomic E-state index is 12.2. The molecule has 1 aliphatic carbocycles. The Morgan fingerprint density at radius 1 is 1.28 bits per heavy atom. The van der Waals surface area contributed by atoms with Gasteiger partial charge in [0.15, 0.2) is 5.96 Å². The van der Waals surface area contributed by atoms with Gasteiger partial charge in [0.05, 0.1) is 12.2 Å². The molecule has 1 aromatic heterocycles. The van der Waals surface area contributed by atoms with Crippen LogP contribution in [0.5, 0.6) is 0 Å². The van der Waals surface area contributed by atoms with Gasteiger partial charge in [0.1, 0.15) is 0 Å². The summed E-state index contributed by atoms with van der Waals surface area (Å²) in [5.74, 6) is 0.876. The third-order valence-corrected chi connectivity index (χ3v) is 5.48. The van der Waals surface area contributed by atoms with Crippen molar-refractivity contribution in [2.45, 2.75) is 84.7 Å². The highest BCUT2D eigenvalue weighted by Gasteiger charge is 2.16. The Hall–Kier alpha value is -1.32. The van der Waals surface area contributed by atoms with E-state index in [0.717, 1.165) is 37.5 Å². The highest BCUT2D eigenvalue weighted by atomic mass is 127. The summed E-state index contributed by atoms with van der Waals surface area (Å²) in [6.45, 7) is 9.64. The molecule has 0 aromatic carbocycles. The van der Waals surface area contributed by atoms with E-state index in [0.29, 0.717) is 19.0 Å². The minimum absolute atomic E-state index is 0. The summed E-state index contributed by atoms with van der Waals surface area (Å²) in [6.07, 6.45) is 7.30. The zero-order chi connectivity index (χ0) is 20.5. The molecule has 2 rings (SSSR count). The maximum atomic E-state index is 12.2. The van der Waals surface area contributed by atoms with E-state index < -0.39 is 0 Å². The van der Waals surface area contributed by atoms with E-state index in [1.807, 2.05) is 18.7 Å². The van der Waals surface area contributed by atoms with Crippen LogP contribution >= 0.6 is 24.0 Å². The van der Waals surface area contributed by atoms with Gasteiger partial charge in [0.25, 0.3) is 0 Å². The molecule has 1 aromatic rings. The maximum Gasteiger partial charge on any atom is 0.222 e. The minimum Gasteiger partial charge on any atom is -0.357 e. The summed E-state index contributed by atoms with van der Waals surface area (Å²) >= 11 is 0. The van der Waals surface area contributed by atoms with Crippen LogP contribution in [-0.4, -0.2) is 46.8 Å². The summed E-state index contributed by atoms with van der Waals surface area (Å²) in [5, 5.41) is 14.4. The molecule has 0 aliphatic heterocycles. The Morgan fingerprint density at radius 2 is 1.97 bits per heavy atom. The molecule has 0 saturated heterocycles. The van der Waals surface area contributed by atoms with Crippen molar-refractivity contribution in [1.82, 2.24) is 25.7 Å². The first-order valence-electron chi connectivity index (χ1n) is 10.7. The first-order chi connectivity index (χ1) is 13.4. The van der Waals surface area contributed by atoms with Crippen molar-refractivity contribution in [3.8, 4) is 0 Å². The van der Waals surface area contributed by atoms with Crippen molar-refractivity contribution in [3.63, 3.8) is 0 Å². The van der Waals surface area contributed by atoms with Gasteiger partial charge in [0, 0.05) is 37.8 Å². The second-order valence-electron chi connectivity index (χ2n) is 7.94. The van der Waals surface area contributed by atoms with Crippen LogP contribution in [0.25, 0.3) is 0 Å². The molecule has 1 amide bonds. The Labute approximate surface area is 192 Å². The van der Waals surface area contributed by atoms with Crippen LogP contribution < -0.4 is 16.0 Å². The first-order valence-corrected chi connectivity index (χ1v) is 10.7. The number of halogens is 1. The summed E-state index contributed by atoms with van der Waals surface area (Å²) < 4.78 is 1.93. The van der Waals surface area contributed by atoms with E-state index in [1.165, 1.54) is 30.5 Å². The number of carbonyl (C=O) groups is 1. The average Bonchev–Trinajstić information content (AvgIpc) is 2.89. The molecule has 1 unspecified atom stereocenters. The van der Waals surface area contributed by atoms with Gasteiger partial charge in [-0.05, 0) is 52.5 Å². The Kier molecular flexibility index (Phi) is 11.6. The van der Waals surface area contributed by atoms with Crippen molar-refractivity contribution in [3.05, 3.63) is 17.0 Å². The molecule has 1 heterocycles. The Bertz CT molecular complexity index is 666. The molecule has 8 heteroatoms. The summed E-state index contributed by atoms with van der Waals surface area (Å²) in [5.41, 5.74) is 3.56. The van der Waals surface area contributed by atoms with Gasteiger partial charge in [-0.1, -0.05) is 19.3 Å². The smallest absolute Gasteiger partial charge is 0.222 e. The van der Waals surface area contributed by atoms with Gasteiger partial charge in [-0.2, -0.15) is 5.10 Å². The molecule has 166 valence electrons. The quantitative estimate of drug-likeness (QED) is 0.281. The van der Waals surface area contributed by atoms with Gasteiger partial charge < -0.3 is 16.0 Å². The van der Waals surface area contributed by atoms with E-state index >= 15 is 0 Å². The van der Waals surface area contributed by atoms with Crippen LogP contribution in [0.15, 0.2) is 4.99 Å². The molecular weight excluding hydrogens is 479 g/mol. The zero-order valence-electron chi connectivity index (χ0n) is 18.7. The number of amides is 1. The zero-order valence-corrected chi connectivity index (χ0v) is 21.0. The molecule has 29 heavy (non-hydrogen) atoms. The molecule has 0 spiro atoms. The fourth-order valence-corrected chi connectivity index (χ4v) is 3.84. The highest BCUT2D eigenvalue weighted by molar-refractivity contribution is 14.0. The van der Waals surface area contributed by atoms with E-state index in [2.05, 4.69) is 46.8 Å². The lowest BCUT2D eigenvalue weighted by Crippen LogP contribution is -2.43. The fourth-order valence-electron chi connectivity index (χ4n) is 3.84. The monoisotopic (exact) mass is 518 g/mol. The molecular formula is C21H39IN6O. The number of hydrogen-bond donors (Lipinski definition) is 3. The highest BCUT2D eigenvalue weighted by Crippen LogP contribution is 2.17. The topological polar surface area (TPSA) is 83.3 Å². The van der Waals surface area contributed by atoms with Crippen molar-refractivity contribution < 1.29 is 4.79 Å². The van der Waals surface area contributed by atoms with Crippen LogP contribution in [0.3, 0.4) is 0 Å². The lowest BCUT2D eigenvalue weighted by atomic mass is 9.95. The lowest BCUT2D eigenvalue weighted by Gasteiger charge is -2.22. The molecule has 1 atom stereocenters. The van der Waals surface area contributed by atoms with Crippen molar-refractivity contribution in [1.29, 1.82) is 0 Å². The average molecular weight is 518 g/mol. The van der Waals surface area contributed by atoms with Crippen molar-refractivity contribution in [2.75, 3.05) is 13.1 Å². The molecule has 3 N–H and O–H groups in total. The van der Waals surface area contributed by atoms with Gasteiger partial charge in [0.2, 0.25) is 5.91 Å². The first kappa shape index (κ1) is 25.7. The van der Waals surface area contributed by atoms with E-state index in [9.17, 15) is 4.79 Å². The number of aliphatic imine (C=N–C) groups is 1. The second kappa shape index (κ2) is 13.1. The number of aryl methyl sites for hydroxylation is 2. The predicted octanol–water partition coefficient (Wildman–Crippen LogP) is 2.98. The van der Waals surface area contributed by atoms with Crippen LogP contribution in [-0.2, 0) is 18.3 Å². The number of hydrogen-bond acceptors (Lipinski definition) is 3. The summed E-state index contributed by atoms with van der Waals surface area (Å²) in [6, 6.07) is 0.582. The number of nitrogens with one attached hydrogen (secondary N) is 3. The molecule has 1 aliphatic rings. The van der Waals surface area contributed by atoms with Crippen molar-refractivity contribution in [2.24, 2.45) is 12.0 Å². The molecule has 1 saturated carbocycles. The number of aromatic nitrogens is 2. The molecule has 0 bridgehead atoms. The van der Waals surface area contributed by atoms with Gasteiger partial charge in [-0.15, -0.1) is 24.0 Å². The number of rotatable bonds is 8. The normalized spacial score (nSPS) is 16.1. The third-order valence-electron chi connectivity index (χ3n) is 5.48. The predicted molar refractivity (Wildman–Crippen MR) is 130 cm³/mol. The van der Waals surface area contributed by atoms with E-state index in [1.54, 1.807) is 0 Å². The minimum atomic E-state index is 0. The van der Waals surface area contributed by atoms with Gasteiger partial charge in [-0.25, -0.2) is 0 Å². The lowest BCUT2D eigenvalue weighted by molar-refractivity contribution is -0.121.